The number of aliphatic hydroxyl groups excluding tert-OH is 1. The van der Waals surface area contributed by atoms with Crippen molar-refractivity contribution in [2.45, 2.75) is 157 Å². The van der Waals surface area contributed by atoms with Crippen molar-refractivity contribution in [1.82, 2.24) is 67.0 Å². The molecule has 4 aliphatic heterocycles. The van der Waals surface area contributed by atoms with Crippen molar-refractivity contribution in [3.05, 3.63) is 112 Å². The zero-order chi connectivity index (χ0) is 88.8. The number of hydrogen-bond acceptors (Lipinski definition) is 29. The maximum atomic E-state index is 14.4. The molecule has 654 valence electrons. The number of carbonyl (C=O) groups is 13. The van der Waals surface area contributed by atoms with E-state index in [0.29, 0.717) is 71.9 Å². The highest BCUT2D eigenvalue weighted by molar-refractivity contribution is 8.77. The van der Waals surface area contributed by atoms with E-state index in [1.807, 2.05) is 5.32 Å². The molecule has 6 heterocycles. The molecule has 2 fully saturated rings. The van der Waals surface area contributed by atoms with Gasteiger partial charge in [0.25, 0.3) is 23.3 Å². The van der Waals surface area contributed by atoms with Crippen LogP contribution in [0.2, 0.25) is 0 Å². The average Bonchev–Trinajstić information content (AvgIpc) is 1.59. The van der Waals surface area contributed by atoms with E-state index in [9.17, 15) is 92.7 Å². The number of guanidine groups is 1. The molecule has 0 saturated carbocycles. The van der Waals surface area contributed by atoms with Gasteiger partial charge in [-0.3, -0.25) is 72.9 Å². The van der Waals surface area contributed by atoms with Crippen molar-refractivity contribution in [2.75, 3.05) is 75.4 Å². The molecule has 9 amide bonds. The predicted octanol–water partition coefficient (Wildman–Crippen LogP) is 1.65. The Morgan fingerprint density at radius 3 is 1.88 bits per heavy atom. The minimum absolute atomic E-state index is 0.0130. The summed E-state index contributed by atoms with van der Waals surface area (Å²) in [7, 11) is 4.66. The highest BCUT2D eigenvalue weighted by atomic mass is 33.1. The number of nitrogens with two attached hydrogens (primary N) is 2. The Morgan fingerprint density at radius 2 is 1.26 bits per heavy atom. The summed E-state index contributed by atoms with van der Waals surface area (Å²) in [5.74, 6) is -14.3. The van der Waals surface area contributed by atoms with Crippen LogP contribution in [-0.2, 0) is 54.4 Å². The van der Waals surface area contributed by atoms with Crippen LogP contribution in [0.15, 0.2) is 88.8 Å². The van der Waals surface area contributed by atoms with Crippen molar-refractivity contribution in [3.63, 3.8) is 0 Å². The molecular formula is C77H95N19O24S2. The third-order valence-corrected chi connectivity index (χ3v) is 22.2. The molecular weight excluding hydrogens is 1640 g/mol. The van der Waals surface area contributed by atoms with E-state index in [1.165, 1.54) is 49.6 Å². The van der Waals surface area contributed by atoms with Crippen LogP contribution in [0.1, 0.15) is 128 Å². The van der Waals surface area contributed by atoms with Gasteiger partial charge in [0, 0.05) is 72.7 Å². The summed E-state index contributed by atoms with van der Waals surface area (Å²) < 4.78 is 29.3. The molecule has 5 aromatic rings. The molecule has 19 N–H and O–H groups in total. The first-order valence-corrected chi connectivity index (χ1v) is 40.7. The van der Waals surface area contributed by atoms with Crippen molar-refractivity contribution >= 4 is 145 Å². The highest BCUT2D eigenvalue weighted by Crippen LogP contribution is 2.43. The summed E-state index contributed by atoms with van der Waals surface area (Å²) >= 11 is 0. The monoisotopic (exact) mass is 1730 g/mol. The Balaban J connectivity index is 0.760. The number of amides is 9. The molecule has 122 heavy (non-hydrogen) atoms. The zero-order valence-electron chi connectivity index (χ0n) is 66.7. The van der Waals surface area contributed by atoms with Gasteiger partial charge in [0.05, 0.1) is 99.7 Å². The molecule has 0 aliphatic carbocycles. The number of H-pyrrole nitrogens is 1. The second-order valence-electron chi connectivity index (χ2n) is 28.8. The fraction of sp³-hybridized carbons (Fsp3) is 0.442. The van der Waals surface area contributed by atoms with Crippen LogP contribution in [-0.4, -0.2) is 264 Å². The second kappa shape index (κ2) is 43.1. The molecule has 0 bridgehead atoms. The molecule has 2 aromatic heterocycles. The first kappa shape index (κ1) is 92.6. The number of aliphatic imine (C=N–C) groups is 1. The Labute approximate surface area is 703 Å². The zero-order valence-corrected chi connectivity index (χ0v) is 68.3. The number of ether oxygens (including phenoxy) is 5. The number of nitrogens with one attached hydrogen (secondary N) is 10. The normalized spacial score (nSPS) is 16.8. The second-order valence-corrected chi connectivity index (χ2v) is 31.7. The lowest BCUT2D eigenvalue weighted by Crippen LogP contribution is -2.59. The Morgan fingerprint density at radius 1 is 0.689 bits per heavy atom. The van der Waals surface area contributed by atoms with E-state index in [0.717, 1.165) is 32.1 Å². The fourth-order valence-corrected chi connectivity index (χ4v) is 15.5. The lowest BCUT2D eigenvalue weighted by molar-refractivity contribution is -0.144. The fourth-order valence-electron chi connectivity index (χ4n) is 13.2. The Kier molecular flexibility index (Phi) is 32.7. The number of aromatic nitrogens is 4. The number of anilines is 3. The molecule has 4 aliphatic rings. The Hall–Kier alpha value is -13.3. The van der Waals surface area contributed by atoms with E-state index in [-0.39, 0.29) is 116 Å². The van der Waals surface area contributed by atoms with Gasteiger partial charge in [0.2, 0.25) is 35.5 Å². The molecule has 0 radical (unpaired) electrons. The van der Waals surface area contributed by atoms with Gasteiger partial charge >= 0.3 is 30.0 Å². The number of rotatable bonds is 44. The van der Waals surface area contributed by atoms with Crippen LogP contribution >= 0.6 is 21.6 Å². The van der Waals surface area contributed by atoms with Crippen LogP contribution in [0, 0.1) is 5.41 Å². The topological polar surface area (TPSA) is 635 Å². The smallest absolute Gasteiger partial charge is 0.416 e. The third-order valence-electron chi connectivity index (χ3n) is 19.4. The van der Waals surface area contributed by atoms with Gasteiger partial charge < -0.3 is 113 Å². The highest BCUT2D eigenvalue weighted by Gasteiger charge is 2.47. The Bertz CT molecular complexity index is 4940. The van der Waals surface area contributed by atoms with Crippen LogP contribution in [0.3, 0.4) is 0 Å². The predicted molar refractivity (Wildman–Crippen MR) is 441 cm³/mol. The number of aromatic amines is 1. The molecule has 2 saturated heterocycles. The number of methoxy groups -OCH3 is 2. The number of carboxylic acids is 4. The summed E-state index contributed by atoms with van der Waals surface area (Å²) in [5, 5.41) is 77.9. The number of carboxylic acid groups (broad SMARTS) is 4. The number of nitrogens with zero attached hydrogens (tertiary/aromatic N) is 7. The van der Waals surface area contributed by atoms with Crippen molar-refractivity contribution in [1.29, 1.82) is 5.41 Å². The van der Waals surface area contributed by atoms with Gasteiger partial charge in [-0.1, -0.05) is 45.9 Å². The van der Waals surface area contributed by atoms with E-state index in [2.05, 4.69) is 75.3 Å². The SMILES string of the molecule is C=C1C[C@H]2C=Nc3cc(OCCCCCOc4cc5c(cc4OC)C(=O)N4CC(=C)C[C@H]4[C@H](O)N5C(=O)OCC(C)SSC[C@H](NC(=O)[C@H](CC(=O)O)NC(=O)[C@H](CC(=O)O)NC(=O)[C@H](CCCNC(=N)N)NC(=O)[C@H](CC(=O)O)NC(=O)CC[C@@H](C)NC(=O)c4ccc(NCc5cnc6nc(N)[nH]c(=O)c6n5)cc4)C(=O)O)c(OC)cc3C(=O)N2C1. The number of hydrogen-bond donors (Lipinski definition) is 17. The van der Waals surface area contributed by atoms with E-state index >= 15 is 0 Å². The molecule has 1 unspecified atom stereocenters. The van der Waals surface area contributed by atoms with Gasteiger partial charge in [-0.25, -0.2) is 24.5 Å². The molecule has 10 atom stereocenters. The van der Waals surface area contributed by atoms with E-state index in [1.54, 1.807) is 49.2 Å². The minimum Gasteiger partial charge on any atom is -0.493 e. The van der Waals surface area contributed by atoms with Gasteiger partial charge in [0.15, 0.2) is 46.3 Å². The first-order valence-electron chi connectivity index (χ1n) is 38.3. The molecule has 45 heteroatoms. The van der Waals surface area contributed by atoms with Gasteiger partial charge in [0.1, 0.15) is 36.8 Å². The summed E-state index contributed by atoms with van der Waals surface area (Å²) in [6.45, 7) is 11.7. The largest absolute Gasteiger partial charge is 0.493 e. The molecule has 3 aromatic carbocycles. The lowest BCUT2D eigenvalue weighted by Gasteiger charge is -2.31. The van der Waals surface area contributed by atoms with Crippen LogP contribution in [0.5, 0.6) is 23.0 Å². The number of aliphatic hydroxyl groups is 1. The number of fused-ring (bicyclic) bond motifs is 5. The van der Waals surface area contributed by atoms with Crippen LogP contribution < -0.4 is 83.4 Å². The summed E-state index contributed by atoms with van der Waals surface area (Å²) in [6, 6.07) is 0.641. The van der Waals surface area contributed by atoms with Gasteiger partial charge in [-0.05, 0) is 102 Å². The quantitative estimate of drug-likeness (QED) is 0.00866. The van der Waals surface area contributed by atoms with Crippen molar-refractivity contribution in [3.8, 4) is 23.0 Å². The molecule has 43 nitrogen and oxygen atoms in total. The third kappa shape index (κ3) is 25.4. The van der Waals surface area contributed by atoms with Gasteiger partial charge in [-0.15, -0.1) is 0 Å². The van der Waals surface area contributed by atoms with E-state index < -0.39 is 175 Å². The summed E-state index contributed by atoms with van der Waals surface area (Å²) in [5.41, 5.74) is 13.9. The minimum atomic E-state index is -2.17. The van der Waals surface area contributed by atoms with Crippen LogP contribution in [0.25, 0.3) is 11.2 Å². The maximum absolute atomic E-state index is 14.4. The summed E-state index contributed by atoms with van der Waals surface area (Å²) in [6.07, 6.45) is -1.66. The first-order chi connectivity index (χ1) is 58.1. The standard InChI is InChI=1S/C77H95N19O24S2/c1-37-21-44-32-83-48-25-57(55(116-5)23-45(48)71(110)94(44)33-37)118-19-8-7-9-20-119-58-29-53-46(24-56(58)117-6)72(111)95-34-38(2)22-54(95)73(112)96(53)77(115)120-35-40(4)122-121-36-52(74(113)114)91-69(108)51(28-62(102)103)90-68(107)50(27-61(100)101)89-66(105)47(11-10-18-81-75(78)79)88-67(106)49(26-60(98)99)87-59(97)17-12-39(3)85-65(104)41-13-15-42(16-14-41)82-30-43-31-84-64-63(86-43)70(109)93-76(80)92-64/h13-16,23-25,29,31-32,39-40,44,47,49-52,54,73,82,112H,1-2,7-12,17-22,26-28,30,33-36H2,3-6H3,(H,85,104)(H,87,97)(H,88,106)(H,89,105)(H,90,107)(H,91,108)(H,98,99)(H,100,101)(H,102,103)(H,113,114)(H4,78,79,81)(H3,80,84,92,93,109)/t39-,40?,44+,47+,49+,50+,51+,52+,54+,73+/m1/s1. The number of aliphatic carboxylic acids is 4. The number of benzene rings is 3. The maximum Gasteiger partial charge on any atom is 0.416 e. The molecule has 0 spiro atoms. The molecule has 9 rings (SSSR count). The number of nitrogen functional groups attached to an aromatic ring is 1. The van der Waals surface area contributed by atoms with Crippen molar-refractivity contribution in [2.24, 2.45) is 10.7 Å². The van der Waals surface area contributed by atoms with Gasteiger partial charge in [-0.2, -0.15) is 4.98 Å². The summed E-state index contributed by atoms with van der Waals surface area (Å²) in [4.78, 5) is 209. The lowest BCUT2D eigenvalue weighted by atomic mass is 10.1. The van der Waals surface area contributed by atoms with Crippen LogP contribution in [0.4, 0.5) is 27.8 Å². The number of unbranched alkanes of at least 4 members (excludes halogenated alkanes) is 2. The average molecular weight is 1730 g/mol. The number of carbonyl (C=O) groups excluding carboxylic acids is 9. The van der Waals surface area contributed by atoms with Crippen molar-refractivity contribution < 1.29 is 112 Å². The van der Waals surface area contributed by atoms with E-state index in [4.69, 9.17) is 40.6 Å².